The lowest BCUT2D eigenvalue weighted by molar-refractivity contribution is 0.170. The van der Waals surface area contributed by atoms with E-state index in [1.807, 2.05) is 0 Å². The molecule has 0 saturated heterocycles. The van der Waals surface area contributed by atoms with Crippen molar-refractivity contribution < 1.29 is 9.47 Å². The van der Waals surface area contributed by atoms with E-state index >= 15 is 0 Å². The summed E-state index contributed by atoms with van der Waals surface area (Å²) in [5.74, 6) is 0.747. The first-order valence-corrected chi connectivity index (χ1v) is 5.53. The smallest absolute Gasteiger partial charge is 0.0587 e. The highest BCUT2D eigenvalue weighted by Crippen LogP contribution is 2.09. The molecule has 0 fully saturated rings. The van der Waals surface area contributed by atoms with E-state index in [1.165, 1.54) is 12.8 Å². The lowest BCUT2D eigenvalue weighted by atomic mass is 10.0. The van der Waals surface area contributed by atoms with E-state index in [1.54, 1.807) is 14.2 Å². The van der Waals surface area contributed by atoms with Crippen LogP contribution in [0.25, 0.3) is 0 Å². The van der Waals surface area contributed by atoms with E-state index in [-0.39, 0.29) is 0 Å². The summed E-state index contributed by atoms with van der Waals surface area (Å²) in [4.78, 5) is 0. The molecule has 0 spiro atoms. The number of hydrogen-bond donors (Lipinski definition) is 1. The molecular weight excluding hydrogens is 178 g/mol. The lowest BCUT2D eigenvalue weighted by Crippen LogP contribution is -2.26. The molecule has 0 rings (SSSR count). The Kier molecular flexibility index (Phi) is 10.9. The molecule has 1 N–H and O–H groups in total. The first-order chi connectivity index (χ1) is 6.85. The maximum Gasteiger partial charge on any atom is 0.0587 e. The predicted molar refractivity (Wildman–Crippen MR) is 59.6 cm³/mol. The molecule has 3 nitrogen and oxygen atoms in total. The Morgan fingerprint density at radius 1 is 1.07 bits per heavy atom. The first-order valence-electron chi connectivity index (χ1n) is 5.53. The van der Waals surface area contributed by atoms with Gasteiger partial charge >= 0.3 is 0 Å². The van der Waals surface area contributed by atoms with Crippen LogP contribution in [0.2, 0.25) is 0 Å². The molecule has 86 valence electrons. The van der Waals surface area contributed by atoms with E-state index in [0.29, 0.717) is 0 Å². The fraction of sp³-hybridized carbons (Fsp3) is 1.00. The van der Waals surface area contributed by atoms with Crippen LogP contribution < -0.4 is 5.32 Å². The van der Waals surface area contributed by atoms with Crippen molar-refractivity contribution in [3.63, 3.8) is 0 Å². The van der Waals surface area contributed by atoms with E-state index < -0.39 is 0 Å². The van der Waals surface area contributed by atoms with Gasteiger partial charge in [0.2, 0.25) is 0 Å². The second-order valence-corrected chi connectivity index (χ2v) is 3.63. The fourth-order valence-electron chi connectivity index (χ4n) is 1.52. The van der Waals surface area contributed by atoms with Crippen LogP contribution in [0.1, 0.15) is 26.2 Å². The Balaban J connectivity index is 3.40. The average Bonchev–Trinajstić information content (AvgIpc) is 2.20. The summed E-state index contributed by atoms with van der Waals surface area (Å²) in [5.41, 5.74) is 0. The van der Waals surface area contributed by atoms with Crippen LogP contribution in [0.3, 0.4) is 0 Å². The van der Waals surface area contributed by atoms with Crippen LogP contribution in [-0.4, -0.2) is 40.5 Å². The largest absolute Gasteiger partial charge is 0.385 e. The van der Waals surface area contributed by atoms with Gasteiger partial charge in [0.15, 0.2) is 0 Å². The third kappa shape index (κ3) is 8.48. The Bertz CT molecular complexity index is 109. The van der Waals surface area contributed by atoms with Crippen molar-refractivity contribution in [3.05, 3.63) is 0 Å². The average molecular weight is 203 g/mol. The zero-order chi connectivity index (χ0) is 10.6. The molecule has 0 aromatic rings. The number of rotatable bonds is 10. The third-order valence-corrected chi connectivity index (χ3v) is 2.34. The molecule has 0 aromatic heterocycles. The van der Waals surface area contributed by atoms with Gasteiger partial charge in [-0.2, -0.15) is 0 Å². The van der Waals surface area contributed by atoms with Crippen molar-refractivity contribution in [1.29, 1.82) is 0 Å². The van der Waals surface area contributed by atoms with Crippen molar-refractivity contribution >= 4 is 0 Å². The van der Waals surface area contributed by atoms with Crippen molar-refractivity contribution in [1.82, 2.24) is 5.32 Å². The number of methoxy groups -OCH3 is 2. The van der Waals surface area contributed by atoms with E-state index in [9.17, 15) is 0 Å². The monoisotopic (exact) mass is 203 g/mol. The van der Waals surface area contributed by atoms with Gasteiger partial charge < -0.3 is 14.8 Å². The third-order valence-electron chi connectivity index (χ3n) is 2.34. The lowest BCUT2D eigenvalue weighted by Gasteiger charge is -2.16. The van der Waals surface area contributed by atoms with Crippen molar-refractivity contribution in [2.75, 3.05) is 40.5 Å². The Morgan fingerprint density at radius 3 is 2.36 bits per heavy atom. The summed E-state index contributed by atoms with van der Waals surface area (Å²) in [6.07, 6.45) is 3.69. The van der Waals surface area contributed by atoms with Gasteiger partial charge in [-0.25, -0.2) is 0 Å². The topological polar surface area (TPSA) is 30.5 Å². The predicted octanol–water partition coefficient (Wildman–Crippen LogP) is 1.68. The van der Waals surface area contributed by atoms with Crippen molar-refractivity contribution in [2.45, 2.75) is 26.2 Å². The minimum atomic E-state index is 0.747. The van der Waals surface area contributed by atoms with Crippen LogP contribution in [0.4, 0.5) is 0 Å². The normalized spacial score (nSPS) is 13.1. The summed E-state index contributed by atoms with van der Waals surface area (Å²) in [6.45, 7) is 5.93. The van der Waals surface area contributed by atoms with Crippen LogP contribution in [0, 0.1) is 5.92 Å². The van der Waals surface area contributed by atoms with E-state index in [2.05, 4.69) is 12.2 Å². The molecule has 1 unspecified atom stereocenters. The van der Waals surface area contributed by atoms with E-state index in [0.717, 1.165) is 38.6 Å². The minimum Gasteiger partial charge on any atom is -0.385 e. The van der Waals surface area contributed by atoms with Crippen LogP contribution >= 0.6 is 0 Å². The van der Waals surface area contributed by atoms with Gasteiger partial charge in [-0.05, 0) is 25.3 Å². The molecule has 0 bridgehead atoms. The van der Waals surface area contributed by atoms with E-state index in [4.69, 9.17) is 9.47 Å². The Hall–Kier alpha value is -0.120. The van der Waals surface area contributed by atoms with Gasteiger partial charge in [-0.1, -0.05) is 13.3 Å². The second-order valence-electron chi connectivity index (χ2n) is 3.63. The number of hydrogen-bond acceptors (Lipinski definition) is 3. The summed E-state index contributed by atoms with van der Waals surface area (Å²) in [6, 6.07) is 0. The minimum absolute atomic E-state index is 0.747. The molecule has 3 heteroatoms. The maximum absolute atomic E-state index is 5.09. The zero-order valence-electron chi connectivity index (χ0n) is 9.84. The molecule has 0 aromatic carbocycles. The van der Waals surface area contributed by atoms with Crippen molar-refractivity contribution in [2.24, 2.45) is 5.92 Å². The highest BCUT2D eigenvalue weighted by Gasteiger charge is 2.06. The maximum atomic E-state index is 5.09. The van der Waals surface area contributed by atoms with Gasteiger partial charge in [0, 0.05) is 27.4 Å². The van der Waals surface area contributed by atoms with Gasteiger partial charge in [-0.3, -0.25) is 0 Å². The summed E-state index contributed by atoms with van der Waals surface area (Å²) in [5, 5.41) is 3.40. The number of nitrogens with one attached hydrogen (secondary N) is 1. The summed E-state index contributed by atoms with van der Waals surface area (Å²) in [7, 11) is 3.50. The quantitative estimate of drug-likeness (QED) is 0.548. The molecule has 1 atom stereocenters. The second kappa shape index (κ2) is 11.0. The molecule has 0 heterocycles. The van der Waals surface area contributed by atoms with Gasteiger partial charge in [-0.15, -0.1) is 0 Å². The SMILES string of the molecule is CCCC(CCOC)CNCCOC. The highest BCUT2D eigenvalue weighted by molar-refractivity contribution is 4.61. The van der Waals surface area contributed by atoms with Gasteiger partial charge in [0.25, 0.3) is 0 Å². The summed E-state index contributed by atoms with van der Waals surface area (Å²) < 4.78 is 10.1. The standard InChI is InChI=1S/C11H25NO2/c1-4-5-11(6-8-13-2)10-12-7-9-14-3/h11-12H,4-10H2,1-3H3. The molecule has 14 heavy (non-hydrogen) atoms. The molecule has 0 aliphatic rings. The fourth-order valence-corrected chi connectivity index (χ4v) is 1.52. The van der Waals surface area contributed by atoms with Crippen LogP contribution in [0.5, 0.6) is 0 Å². The van der Waals surface area contributed by atoms with Crippen LogP contribution in [-0.2, 0) is 9.47 Å². The molecule has 0 aliphatic carbocycles. The molecule has 0 amide bonds. The number of ether oxygens (including phenoxy) is 2. The summed E-state index contributed by atoms with van der Waals surface area (Å²) >= 11 is 0. The zero-order valence-corrected chi connectivity index (χ0v) is 9.84. The Morgan fingerprint density at radius 2 is 1.79 bits per heavy atom. The van der Waals surface area contributed by atoms with Gasteiger partial charge in [0.05, 0.1) is 6.61 Å². The van der Waals surface area contributed by atoms with Crippen LogP contribution in [0.15, 0.2) is 0 Å². The van der Waals surface area contributed by atoms with Gasteiger partial charge in [0.1, 0.15) is 0 Å². The molecule has 0 aliphatic heterocycles. The molecule has 0 saturated carbocycles. The molecule has 0 radical (unpaired) electrons. The highest BCUT2D eigenvalue weighted by atomic mass is 16.5. The van der Waals surface area contributed by atoms with Crippen molar-refractivity contribution in [3.8, 4) is 0 Å². The Labute approximate surface area is 88.2 Å². The molecular formula is C11H25NO2. The first kappa shape index (κ1) is 13.9.